The highest BCUT2D eigenvalue weighted by molar-refractivity contribution is 6.35. The smallest absolute Gasteiger partial charge is 0.419 e. The molecule has 1 atom stereocenters. The average Bonchev–Trinajstić information content (AvgIpc) is 2.96. The molecule has 4 aromatic rings. The van der Waals surface area contributed by atoms with Crippen molar-refractivity contribution in [1.29, 1.82) is 0 Å². The van der Waals surface area contributed by atoms with E-state index < -0.39 is 24.0 Å². The van der Waals surface area contributed by atoms with Crippen molar-refractivity contribution < 1.29 is 33.4 Å². The van der Waals surface area contributed by atoms with Crippen molar-refractivity contribution in [1.82, 2.24) is 0 Å². The molecule has 7 nitrogen and oxygen atoms in total. The number of aliphatic hydroxyl groups is 1. The highest BCUT2D eigenvalue weighted by atomic mass is 35.5. The van der Waals surface area contributed by atoms with Crippen LogP contribution < -0.4 is 4.90 Å². The summed E-state index contributed by atoms with van der Waals surface area (Å²) in [5.74, 6) is -1.65. The molecule has 0 aliphatic carbocycles. The van der Waals surface area contributed by atoms with Crippen molar-refractivity contribution in [3.8, 4) is 0 Å². The molecule has 9 heteroatoms. The summed E-state index contributed by atoms with van der Waals surface area (Å²) in [7, 11) is 0. The predicted molar refractivity (Wildman–Crippen MR) is 153 cm³/mol. The van der Waals surface area contributed by atoms with Gasteiger partial charge in [-0.05, 0) is 66.9 Å². The monoisotopic (exact) mass is 575 g/mol. The topological polar surface area (TPSA) is 93.1 Å². The number of carbonyl (C=O) groups excluding carboxylic acids is 3. The number of nitrogens with zero attached hydrogens (tertiary/aromatic N) is 1. The lowest BCUT2D eigenvalue weighted by Gasteiger charge is -2.24. The zero-order valence-corrected chi connectivity index (χ0v) is 23.1. The van der Waals surface area contributed by atoms with Crippen molar-refractivity contribution >= 4 is 40.8 Å². The van der Waals surface area contributed by atoms with Crippen LogP contribution in [0.5, 0.6) is 0 Å². The van der Waals surface area contributed by atoms with E-state index >= 15 is 0 Å². The zero-order chi connectivity index (χ0) is 29.5. The third-order valence-corrected chi connectivity index (χ3v) is 6.63. The summed E-state index contributed by atoms with van der Waals surface area (Å²) >= 11 is 6.53. The molecular formula is C32H27ClFNO6. The van der Waals surface area contributed by atoms with Gasteiger partial charge in [-0.25, -0.2) is 18.9 Å². The molecule has 4 rings (SSSR count). The van der Waals surface area contributed by atoms with Crippen LogP contribution >= 0.6 is 11.6 Å². The molecular weight excluding hydrogens is 549 g/mol. The van der Waals surface area contributed by atoms with Gasteiger partial charge in [0, 0.05) is 11.1 Å². The molecule has 0 saturated heterocycles. The fourth-order valence-corrected chi connectivity index (χ4v) is 4.46. The normalized spacial score (nSPS) is 11.4. The standard InChI is InChI=1S/C32H27ClFNO6/c1-20-8-6-7-11-25(20)30(37)26-14-13-24(19-27(26)33)35(28-15-12-23(34)18-21(28)2)32(39)41-17-16-40-31(38)29(36)22-9-4-3-5-10-22/h3-15,18-19,29,36H,16-17H2,1-2H3. The molecule has 4 aromatic carbocycles. The van der Waals surface area contributed by atoms with Gasteiger partial charge in [-0.1, -0.05) is 66.2 Å². The van der Waals surface area contributed by atoms with Crippen LogP contribution in [0.4, 0.5) is 20.6 Å². The number of aryl methyl sites for hydroxylation is 2. The number of carbonyl (C=O) groups is 3. The van der Waals surface area contributed by atoms with Gasteiger partial charge in [0.25, 0.3) is 0 Å². The minimum atomic E-state index is -1.48. The number of ether oxygens (including phenoxy) is 2. The third kappa shape index (κ3) is 6.98. The summed E-state index contributed by atoms with van der Waals surface area (Å²) in [5, 5.41) is 10.3. The number of hydrogen-bond acceptors (Lipinski definition) is 6. The Morgan fingerprint density at radius 2 is 1.51 bits per heavy atom. The second-order valence-electron chi connectivity index (χ2n) is 9.17. The van der Waals surface area contributed by atoms with Gasteiger partial charge in [-0.15, -0.1) is 0 Å². The summed E-state index contributed by atoms with van der Waals surface area (Å²) in [5.41, 5.74) is 2.94. The molecule has 1 amide bonds. The largest absolute Gasteiger partial charge is 0.460 e. The molecule has 0 aromatic heterocycles. The van der Waals surface area contributed by atoms with Gasteiger partial charge in [0.2, 0.25) is 0 Å². The molecule has 1 unspecified atom stereocenters. The third-order valence-electron chi connectivity index (χ3n) is 6.32. The minimum absolute atomic E-state index is 0.108. The van der Waals surface area contributed by atoms with Crippen molar-refractivity contribution in [2.45, 2.75) is 20.0 Å². The Balaban J connectivity index is 1.52. The highest BCUT2D eigenvalue weighted by Crippen LogP contribution is 2.33. The van der Waals surface area contributed by atoms with Gasteiger partial charge in [0.15, 0.2) is 11.9 Å². The number of hydrogen-bond donors (Lipinski definition) is 1. The van der Waals surface area contributed by atoms with E-state index in [0.717, 1.165) is 5.56 Å². The maximum absolute atomic E-state index is 13.9. The summed E-state index contributed by atoms with van der Waals surface area (Å²) in [6.07, 6.45) is -2.33. The number of aliphatic hydroxyl groups excluding tert-OH is 1. The number of halogens is 2. The van der Waals surface area contributed by atoms with Crippen LogP contribution in [0.2, 0.25) is 5.02 Å². The van der Waals surface area contributed by atoms with Crippen molar-refractivity contribution in [3.05, 3.63) is 130 Å². The van der Waals surface area contributed by atoms with Gasteiger partial charge >= 0.3 is 12.1 Å². The van der Waals surface area contributed by atoms with Crippen molar-refractivity contribution in [3.63, 3.8) is 0 Å². The molecule has 0 bridgehead atoms. The van der Waals surface area contributed by atoms with Crippen LogP contribution in [-0.4, -0.2) is 36.2 Å². The minimum Gasteiger partial charge on any atom is -0.460 e. The molecule has 41 heavy (non-hydrogen) atoms. The van der Waals surface area contributed by atoms with Crippen molar-refractivity contribution in [2.75, 3.05) is 18.1 Å². The van der Waals surface area contributed by atoms with E-state index in [1.165, 1.54) is 41.3 Å². The van der Waals surface area contributed by atoms with E-state index in [2.05, 4.69) is 0 Å². The average molecular weight is 576 g/mol. The summed E-state index contributed by atoms with van der Waals surface area (Å²) in [6.45, 7) is 2.82. The van der Waals surface area contributed by atoms with Gasteiger partial charge in [-0.2, -0.15) is 0 Å². The van der Waals surface area contributed by atoms with E-state index in [-0.39, 0.29) is 35.3 Å². The lowest BCUT2D eigenvalue weighted by Crippen LogP contribution is -2.29. The summed E-state index contributed by atoms with van der Waals surface area (Å²) < 4.78 is 24.3. The zero-order valence-electron chi connectivity index (χ0n) is 22.3. The first-order valence-corrected chi connectivity index (χ1v) is 13.1. The van der Waals surface area contributed by atoms with E-state index in [1.807, 2.05) is 19.1 Å². The Labute approximate surface area is 241 Å². The SMILES string of the molecule is Cc1ccccc1C(=O)c1ccc(N(C(=O)OCCOC(=O)C(O)c2ccccc2)c2ccc(F)cc2C)cc1Cl. The molecule has 0 aliphatic heterocycles. The summed E-state index contributed by atoms with van der Waals surface area (Å²) in [6, 6.07) is 23.8. The van der Waals surface area contributed by atoms with Crippen LogP contribution in [-0.2, 0) is 14.3 Å². The first-order valence-electron chi connectivity index (χ1n) is 12.7. The maximum atomic E-state index is 13.9. The summed E-state index contributed by atoms with van der Waals surface area (Å²) in [4.78, 5) is 39.8. The number of benzene rings is 4. The van der Waals surface area contributed by atoms with Gasteiger partial charge in [-0.3, -0.25) is 4.79 Å². The second-order valence-corrected chi connectivity index (χ2v) is 9.58. The van der Waals surface area contributed by atoms with E-state index in [1.54, 1.807) is 49.4 Å². The number of ketones is 1. The van der Waals surface area contributed by atoms with Gasteiger partial charge < -0.3 is 14.6 Å². The molecule has 0 radical (unpaired) electrons. The molecule has 0 spiro atoms. The maximum Gasteiger partial charge on any atom is 0.419 e. The molecule has 0 heterocycles. The number of anilines is 2. The van der Waals surface area contributed by atoms with E-state index in [0.29, 0.717) is 22.4 Å². The van der Waals surface area contributed by atoms with Crippen LogP contribution in [0.3, 0.4) is 0 Å². The van der Waals surface area contributed by atoms with E-state index in [9.17, 15) is 23.9 Å². The highest BCUT2D eigenvalue weighted by Gasteiger charge is 2.25. The fraction of sp³-hybridized carbons (Fsp3) is 0.156. The lowest BCUT2D eigenvalue weighted by atomic mass is 9.99. The first-order chi connectivity index (χ1) is 19.7. The molecule has 210 valence electrons. The second kappa shape index (κ2) is 13.2. The molecule has 1 N–H and O–H groups in total. The quantitative estimate of drug-likeness (QED) is 0.133. The van der Waals surface area contributed by atoms with Crippen LogP contribution in [0.1, 0.15) is 38.7 Å². The van der Waals surface area contributed by atoms with Crippen LogP contribution in [0.15, 0.2) is 91.0 Å². The van der Waals surface area contributed by atoms with Crippen LogP contribution in [0, 0.1) is 19.7 Å². The van der Waals surface area contributed by atoms with Gasteiger partial charge in [0.05, 0.1) is 16.4 Å². The van der Waals surface area contributed by atoms with Gasteiger partial charge in [0.1, 0.15) is 19.0 Å². The number of esters is 1. The number of rotatable bonds is 9. The Morgan fingerprint density at radius 3 is 2.20 bits per heavy atom. The molecule has 0 saturated carbocycles. The lowest BCUT2D eigenvalue weighted by molar-refractivity contribution is -0.154. The Hall–Kier alpha value is -4.53. The van der Waals surface area contributed by atoms with Crippen molar-refractivity contribution in [2.24, 2.45) is 0 Å². The molecule has 0 aliphatic rings. The Kier molecular flexibility index (Phi) is 9.49. The van der Waals surface area contributed by atoms with E-state index in [4.69, 9.17) is 21.1 Å². The first kappa shape index (κ1) is 29.5. The number of amides is 1. The fourth-order valence-electron chi connectivity index (χ4n) is 4.20. The molecule has 0 fully saturated rings. The Bertz CT molecular complexity index is 1580. The Morgan fingerprint density at radius 1 is 0.829 bits per heavy atom. The predicted octanol–water partition coefficient (Wildman–Crippen LogP) is 6.88. The van der Waals surface area contributed by atoms with Crippen LogP contribution in [0.25, 0.3) is 0 Å².